The van der Waals surface area contributed by atoms with Gasteiger partial charge in [0.25, 0.3) is 0 Å². The maximum atomic E-state index is 11.0. The van der Waals surface area contributed by atoms with Gasteiger partial charge in [0.15, 0.2) is 11.6 Å². The number of rotatable bonds is 0. The van der Waals surface area contributed by atoms with Gasteiger partial charge in [-0.2, -0.15) is 0 Å². The molecule has 2 heteroatoms. The van der Waals surface area contributed by atoms with Crippen LogP contribution in [0.5, 0.6) is 0 Å². The quantitative estimate of drug-likeness (QED) is 0.533. The largest absolute Gasteiger partial charge is 0.295 e. The molecule has 0 heterocycles. The van der Waals surface area contributed by atoms with Crippen molar-refractivity contribution in [2.24, 2.45) is 5.41 Å². The van der Waals surface area contributed by atoms with Gasteiger partial charge >= 0.3 is 0 Å². The van der Waals surface area contributed by atoms with Crippen LogP contribution in [0.3, 0.4) is 0 Å². The molecular weight excluding hydrogens is 152 g/mol. The molecule has 0 bridgehead atoms. The molecule has 0 unspecified atom stereocenters. The molecule has 0 radical (unpaired) electrons. The van der Waals surface area contributed by atoms with Crippen molar-refractivity contribution < 1.29 is 9.59 Å². The monoisotopic (exact) mass is 160 g/mol. The summed E-state index contributed by atoms with van der Waals surface area (Å²) < 4.78 is 0. The highest BCUT2D eigenvalue weighted by Gasteiger charge is 2.30. The van der Waals surface area contributed by atoms with Gasteiger partial charge in [0, 0.05) is 11.8 Å². The molecule has 2 aliphatic rings. The van der Waals surface area contributed by atoms with Crippen LogP contribution in [0.25, 0.3) is 0 Å². The number of allylic oxidation sites excluding steroid dienone is 6. The van der Waals surface area contributed by atoms with E-state index < -0.39 is 0 Å². The average molecular weight is 160 g/mol. The van der Waals surface area contributed by atoms with Crippen molar-refractivity contribution in [2.75, 3.05) is 0 Å². The lowest BCUT2D eigenvalue weighted by Gasteiger charge is -2.19. The molecule has 0 atom stereocenters. The third-order valence-corrected chi connectivity index (χ3v) is 2.18. The van der Waals surface area contributed by atoms with E-state index in [1.54, 1.807) is 18.2 Å². The SMILES string of the molecule is O=C1C=CC2(C=C1)C=CC(=O)C2. The maximum Gasteiger partial charge on any atom is 0.178 e. The van der Waals surface area contributed by atoms with Gasteiger partial charge in [-0.05, 0) is 18.2 Å². The van der Waals surface area contributed by atoms with E-state index in [0.717, 1.165) is 0 Å². The molecule has 0 saturated heterocycles. The van der Waals surface area contributed by atoms with Gasteiger partial charge < -0.3 is 0 Å². The van der Waals surface area contributed by atoms with Crippen LogP contribution in [-0.2, 0) is 9.59 Å². The fraction of sp³-hybridized carbons (Fsp3) is 0.200. The summed E-state index contributed by atoms with van der Waals surface area (Å²) in [4.78, 5) is 21.8. The van der Waals surface area contributed by atoms with Crippen LogP contribution in [0.4, 0.5) is 0 Å². The minimum Gasteiger partial charge on any atom is -0.295 e. The summed E-state index contributed by atoms with van der Waals surface area (Å²) in [7, 11) is 0. The molecule has 0 aromatic carbocycles. The number of hydrogen-bond acceptors (Lipinski definition) is 2. The normalized spacial score (nSPS) is 24.3. The molecule has 12 heavy (non-hydrogen) atoms. The summed E-state index contributed by atoms with van der Waals surface area (Å²) in [6, 6.07) is 0. The second-order valence-electron chi connectivity index (χ2n) is 3.16. The van der Waals surface area contributed by atoms with Crippen molar-refractivity contribution >= 4 is 11.6 Å². The molecule has 0 amide bonds. The van der Waals surface area contributed by atoms with E-state index in [1.165, 1.54) is 12.2 Å². The van der Waals surface area contributed by atoms with Crippen LogP contribution in [-0.4, -0.2) is 11.6 Å². The van der Waals surface area contributed by atoms with E-state index >= 15 is 0 Å². The van der Waals surface area contributed by atoms with Crippen molar-refractivity contribution in [2.45, 2.75) is 6.42 Å². The zero-order chi connectivity index (χ0) is 8.60. The topological polar surface area (TPSA) is 34.1 Å². The summed E-state index contributed by atoms with van der Waals surface area (Å²) >= 11 is 0. The summed E-state index contributed by atoms with van der Waals surface area (Å²) in [6.07, 6.45) is 10.5. The van der Waals surface area contributed by atoms with Crippen LogP contribution >= 0.6 is 0 Å². The van der Waals surface area contributed by atoms with E-state index in [4.69, 9.17) is 0 Å². The van der Waals surface area contributed by atoms with Crippen molar-refractivity contribution in [3.8, 4) is 0 Å². The molecule has 0 aromatic rings. The molecule has 0 aromatic heterocycles. The number of ketones is 2. The Hall–Kier alpha value is -1.44. The second kappa shape index (κ2) is 2.27. The van der Waals surface area contributed by atoms with E-state index in [0.29, 0.717) is 6.42 Å². The van der Waals surface area contributed by atoms with E-state index in [-0.39, 0.29) is 17.0 Å². The number of carbonyl (C=O) groups is 2. The second-order valence-corrected chi connectivity index (χ2v) is 3.16. The third kappa shape index (κ3) is 1.05. The molecule has 2 aliphatic carbocycles. The Bertz CT molecular complexity index is 316. The summed E-state index contributed by atoms with van der Waals surface area (Å²) in [5.74, 6) is 0.118. The Labute approximate surface area is 70.3 Å². The van der Waals surface area contributed by atoms with Crippen molar-refractivity contribution in [1.82, 2.24) is 0 Å². The Kier molecular flexibility index (Phi) is 1.37. The predicted octanol–water partition coefficient (Wildman–Crippen LogP) is 1.20. The molecule has 2 rings (SSSR count). The summed E-state index contributed by atoms with van der Waals surface area (Å²) in [5, 5.41) is 0. The minimum absolute atomic E-state index is 0.00614. The lowest BCUT2D eigenvalue weighted by Crippen LogP contribution is -2.14. The van der Waals surface area contributed by atoms with Crippen LogP contribution in [0.1, 0.15) is 6.42 Å². The van der Waals surface area contributed by atoms with Gasteiger partial charge in [-0.3, -0.25) is 9.59 Å². The zero-order valence-corrected chi connectivity index (χ0v) is 6.49. The lowest BCUT2D eigenvalue weighted by molar-refractivity contribution is -0.115. The van der Waals surface area contributed by atoms with Crippen LogP contribution in [0, 0.1) is 5.41 Å². The average Bonchev–Trinajstić information content (AvgIpc) is 2.40. The highest BCUT2D eigenvalue weighted by molar-refractivity contribution is 6.02. The lowest BCUT2D eigenvalue weighted by atomic mass is 9.83. The highest BCUT2D eigenvalue weighted by atomic mass is 16.1. The Morgan fingerprint density at radius 3 is 2.08 bits per heavy atom. The molecule has 0 N–H and O–H groups in total. The predicted molar refractivity (Wildman–Crippen MR) is 44.5 cm³/mol. The van der Waals surface area contributed by atoms with Crippen molar-refractivity contribution in [1.29, 1.82) is 0 Å². The first-order valence-electron chi connectivity index (χ1n) is 3.85. The molecule has 0 fully saturated rings. The van der Waals surface area contributed by atoms with Crippen molar-refractivity contribution in [3.05, 3.63) is 36.5 Å². The minimum atomic E-state index is -0.287. The standard InChI is InChI=1S/C10H8O2/c11-8-1-4-10(5-2-8)6-3-9(12)7-10/h1-6H,7H2. The Morgan fingerprint density at radius 1 is 1.00 bits per heavy atom. The Morgan fingerprint density at radius 2 is 1.58 bits per heavy atom. The van der Waals surface area contributed by atoms with Gasteiger partial charge in [-0.25, -0.2) is 0 Å². The molecule has 0 aliphatic heterocycles. The molecule has 1 spiro atoms. The first kappa shape index (κ1) is 7.22. The maximum absolute atomic E-state index is 11.0. The summed E-state index contributed by atoms with van der Waals surface area (Å²) in [6.45, 7) is 0. The molecule has 2 nitrogen and oxygen atoms in total. The van der Waals surface area contributed by atoms with Crippen LogP contribution < -0.4 is 0 Å². The smallest absolute Gasteiger partial charge is 0.178 e. The Balaban J connectivity index is 2.32. The van der Waals surface area contributed by atoms with Crippen LogP contribution in [0.15, 0.2) is 36.5 Å². The number of hydrogen-bond donors (Lipinski definition) is 0. The molecule has 0 saturated carbocycles. The first-order chi connectivity index (χ1) is 5.70. The molecule has 60 valence electrons. The van der Waals surface area contributed by atoms with E-state index in [2.05, 4.69) is 0 Å². The highest BCUT2D eigenvalue weighted by Crippen LogP contribution is 2.34. The van der Waals surface area contributed by atoms with E-state index in [1.807, 2.05) is 6.08 Å². The third-order valence-electron chi connectivity index (χ3n) is 2.18. The zero-order valence-electron chi connectivity index (χ0n) is 6.49. The molecular formula is C10H8O2. The van der Waals surface area contributed by atoms with Gasteiger partial charge in [0.1, 0.15) is 0 Å². The van der Waals surface area contributed by atoms with Gasteiger partial charge in [0.2, 0.25) is 0 Å². The van der Waals surface area contributed by atoms with Crippen LogP contribution in [0.2, 0.25) is 0 Å². The van der Waals surface area contributed by atoms with Gasteiger partial charge in [-0.1, -0.05) is 18.2 Å². The first-order valence-corrected chi connectivity index (χ1v) is 3.85. The van der Waals surface area contributed by atoms with Gasteiger partial charge in [-0.15, -0.1) is 0 Å². The fourth-order valence-corrected chi connectivity index (χ4v) is 1.48. The van der Waals surface area contributed by atoms with Gasteiger partial charge in [0.05, 0.1) is 0 Å². The van der Waals surface area contributed by atoms with E-state index in [9.17, 15) is 9.59 Å². The fourth-order valence-electron chi connectivity index (χ4n) is 1.48. The number of carbonyl (C=O) groups excluding carboxylic acids is 2. The van der Waals surface area contributed by atoms with Crippen molar-refractivity contribution in [3.63, 3.8) is 0 Å². The summed E-state index contributed by atoms with van der Waals surface area (Å²) in [5.41, 5.74) is -0.287.